The van der Waals surface area contributed by atoms with Crippen molar-refractivity contribution in [3.05, 3.63) is 54.0 Å². The SMILES string of the molecule is Cc1cc(NC(=O)c2ccnc(Nc3ccc(N4CCCC4)cc3)n2)no1. The summed E-state index contributed by atoms with van der Waals surface area (Å²) < 4.78 is 4.94. The van der Waals surface area contributed by atoms with Gasteiger partial charge >= 0.3 is 0 Å². The number of anilines is 4. The Kier molecular flexibility index (Phi) is 4.69. The molecule has 138 valence electrons. The van der Waals surface area contributed by atoms with Crippen molar-refractivity contribution >= 4 is 29.0 Å². The normalized spacial score (nSPS) is 13.6. The molecule has 1 amide bonds. The Morgan fingerprint density at radius 2 is 1.93 bits per heavy atom. The zero-order valence-electron chi connectivity index (χ0n) is 15.0. The zero-order valence-corrected chi connectivity index (χ0v) is 15.0. The molecule has 0 radical (unpaired) electrons. The lowest BCUT2D eigenvalue weighted by Crippen LogP contribution is -2.17. The molecule has 2 aromatic heterocycles. The van der Waals surface area contributed by atoms with E-state index in [1.54, 1.807) is 19.1 Å². The first-order valence-corrected chi connectivity index (χ1v) is 8.87. The van der Waals surface area contributed by atoms with Crippen molar-refractivity contribution in [3.8, 4) is 0 Å². The molecule has 0 spiro atoms. The molecule has 0 bridgehead atoms. The molecule has 3 heterocycles. The molecule has 0 saturated carbocycles. The van der Waals surface area contributed by atoms with Gasteiger partial charge in [-0.25, -0.2) is 9.97 Å². The van der Waals surface area contributed by atoms with E-state index in [2.05, 4.69) is 42.8 Å². The lowest BCUT2D eigenvalue weighted by atomic mass is 10.2. The molecule has 0 unspecified atom stereocenters. The summed E-state index contributed by atoms with van der Waals surface area (Å²) in [6, 6.07) is 11.3. The van der Waals surface area contributed by atoms with Crippen LogP contribution in [-0.4, -0.2) is 34.1 Å². The van der Waals surface area contributed by atoms with Gasteiger partial charge in [0.1, 0.15) is 11.5 Å². The molecule has 4 rings (SSSR count). The third-order valence-corrected chi connectivity index (χ3v) is 4.35. The number of rotatable bonds is 5. The van der Waals surface area contributed by atoms with Gasteiger partial charge in [-0.1, -0.05) is 5.16 Å². The smallest absolute Gasteiger partial charge is 0.275 e. The first-order chi connectivity index (χ1) is 13.2. The van der Waals surface area contributed by atoms with Gasteiger partial charge in [-0.3, -0.25) is 4.79 Å². The quantitative estimate of drug-likeness (QED) is 0.716. The van der Waals surface area contributed by atoms with Crippen molar-refractivity contribution in [2.24, 2.45) is 0 Å². The number of aromatic nitrogens is 3. The average molecular weight is 364 g/mol. The number of carbonyl (C=O) groups excluding carboxylic acids is 1. The fourth-order valence-corrected chi connectivity index (χ4v) is 3.01. The number of benzene rings is 1. The summed E-state index contributed by atoms with van der Waals surface area (Å²) in [4.78, 5) is 23.1. The Bertz CT molecular complexity index is 931. The van der Waals surface area contributed by atoms with Crippen LogP contribution in [-0.2, 0) is 0 Å². The van der Waals surface area contributed by atoms with Crippen molar-refractivity contribution in [1.82, 2.24) is 15.1 Å². The van der Waals surface area contributed by atoms with Crippen LogP contribution in [0.15, 0.2) is 47.1 Å². The predicted octanol–water partition coefficient (Wildman–Crippen LogP) is 3.37. The van der Waals surface area contributed by atoms with Crippen LogP contribution >= 0.6 is 0 Å². The third-order valence-electron chi connectivity index (χ3n) is 4.35. The molecule has 0 atom stereocenters. The highest BCUT2D eigenvalue weighted by atomic mass is 16.5. The molecule has 8 heteroatoms. The number of nitrogens with zero attached hydrogens (tertiary/aromatic N) is 4. The van der Waals surface area contributed by atoms with Gasteiger partial charge in [0.2, 0.25) is 5.95 Å². The molecule has 27 heavy (non-hydrogen) atoms. The van der Waals surface area contributed by atoms with Crippen LogP contribution in [0, 0.1) is 6.92 Å². The first kappa shape index (κ1) is 17.0. The first-order valence-electron chi connectivity index (χ1n) is 8.87. The van der Waals surface area contributed by atoms with Gasteiger partial charge in [0.05, 0.1) is 0 Å². The molecule has 0 aliphatic carbocycles. The zero-order chi connectivity index (χ0) is 18.6. The van der Waals surface area contributed by atoms with Gasteiger partial charge in [0.25, 0.3) is 5.91 Å². The molecular weight excluding hydrogens is 344 g/mol. The lowest BCUT2D eigenvalue weighted by Gasteiger charge is -2.17. The molecule has 1 aliphatic heterocycles. The fraction of sp³-hybridized carbons (Fsp3) is 0.263. The van der Waals surface area contributed by atoms with Crippen LogP contribution in [0.5, 0.6) is 0 Å². The van der Waals surface area contributed by atoms with Crippen LogP contribution < -0.4 is 15.5 Å². The van der Waals surface area contributed by atoms with Crippen molar-refractivity contribution < 1.29 is 9.32 Å². The Hall–Kier alpha value is -3.42. The molecule has 2 N–H and O–H groups in total. The van der Waals surface area contributed by atoms with E-state index in [0.717, 1.165) is 18.8 Å². The summed E-state index contributed by atoms with van der Waals surface area (Å²) >= 11 is 0. The third kappa shape index (κ3) is 4.05. The Morgan fingerprint density at radius 1 is 1.15 bits per heavy atom. The summed E-state index contributed by atoms with van der Waals surface area (Å²) in [6.07, 6.45) is 4.03. The molecule has 1 aliphatic rings. The number of nitrogens with one attached hydrogen (secondary N) is 2. The van der Waals surface area contributed by atoms with Gasteiger partial charge in [0, 0.05) is 36.7 Å². The second kappa shape index (κ2) is 7.45. The minimum atomic E-state index is -0.377. The highest BCUT2D eigenvalue weighted by Gasteiger charge is 2.13. The molecular formula is C19H20N6O2. The van der Waals surface area contributed by atoms with Crippen LogP contribution in [0.1, 0.15) is 29.1 Å². The average Bonchev–Trinajstić information content (AvgIpc) is 3.35. The summed E-state index contributed by atoms with van der Waals surface area (Å²) in [5.41, 5.74) is 2.32. The van der Waals surface area contributed by atoms with Crippen LogP contribution in [0.4, 0.5) is 23.1 Å². The van der Waals surface area contributed by atoms with Gasteiger partial charge in [0.15, 0.2) is 5.82 Å². The number of aryl methyl sites for hydroxylation is 1. The van der Waals surface area contributed by atoms with Crippen LogP contribution in [0.3, 0.4) is 0 Å². The monoisotopic (exact) mass is 364 g/mol. The molecule has 3 aromatic rings. The number of hydrogen-bond donors (Lipinski definition) is 2. The Balaban J connectivity index is 1.43. The summed E-state index contributed by atoms with van der Waals surface area (Å²) in [5.74, 6) is 0.946. The maximum Gasteiger partial charge on any atom is 0.275 e. The van der Waals surface area contributed by atoms with E-state index in [4.69, 9.17) is 4.52 Å². The summed E-state index contributed by atoms with van der Waals surface area (Å²) in [7, 11) is 0. The minimum absolute atomic E-state index is 0.238. The van der Waals surface area contributed by atoms with Gasteiger partial charge < -0.3 is 20.1 Å². The van der Waals surface area contributed by atoms with E-state index in [1.807, 2.05) is 12.1 Å². The maximum atomic E-state index is 12.3. The number of hydrogen-bond acceptors (Lipinski definition) is 7. The van der Waals surface area contributed by atoms with Crippen molar-refractivity contribution in [3.63, 3.8) is 0 Å². The van der Waals surface area contributed by atoms with Crippen molar-refractivity contribution in [2.75, 3.05) is 28.6 Å². The minimum Gasteiger partial charge on any atom is -0.372 e. The highest BCUT2D eigenvalue weighted by Crippen LogP contribution is 2.23. The van der Waals surface area contributed by atoms with Crippen LogP contribution in [0.2, 0.25) is 0 Å². The van der Waals surface area contributed by atoms with Gasteiger partial charge in [-0.05, 0) is 50.1 Å². The number of carbonyl (C=O) groups is 1. The summed E-state index contributed by atoms with van der Waals surface area (Å²) in [5, 5.41) is 9.51. The van der Waals surface area contributed by atoms with E-state index < -0.39 is 0 Å². The highest BCUT2D eigenvalue weighted by molar-refractivity contribution is 6.02. The van der Waals surface area contributed by atoms with Crippen molar-refractivity contribution in [1.29, 1.82) is 0 Å². The fourth-order valence-electron chi connectivity index (χ4n) is 3.01. The maximum absolute atomic E-state index is 12.3. The van der Waals surface area contributed by atoms with E-state index >= 15 is 0 Å². The summed E-state index contributed by atoms with van der Waals surface area (Å²) in [6.45, 7) is 3.97. The second-order valence-electron chi connectivity index (χ2n) is 6.41. The number of amides is 1. The molecule has 1 saturated heterocycles. The molecule has 8 nitrogen and oxygen atoms in total. The predicted molar refractivity (Wildman–Crippen MR) is 102 cm³/mol. The Morgan fingerprint density at radius 3 is 2.63 bits per heavy atom. The van der Waals surface area contributed by atoms with E-state index in [9.17, 15) is 4.79 Å². The largest absolute Gasteiger partial charge is 0.372 e. The van der Waals surface area contributed by atoms with E-state index in [0.29, 0.717) is 17.5 Å². The van der Waals surface area contributed by atoms with Crippen LogP contribution in [0.25, 0.3) is 0 Å². The standard InChI is InChI=1S/C19H20N6O2/c1-13-12-17(24-27-13)23-18(26)16-8-9-20-19(22-16)21-14-4-6-15(7-5-14)25-10-2-3-11-25/h4-9,12H,2-3,10-11H2,1H3,(H,20,21,22)(H,23,24,26). The lowest BCUT2D eigenvalue weighted by molar-refractivity contribution is 0.102. The topological polar surface area (TPSA) is 96.2 Å². The van der Waals surface area contributed by atoms with Gasteiger partial charge in [-0.2, -0.15) is 0 Å². The van der Waals surface area contributed by atoms with Gasteiger partial charge in [-0.15, -0.1) is 0 Å². The Labute approximate surface area is 156 Å². The van der Waals surface area contributed by atoms with E-state index in [1.165, 1.54) is 24.7 Å². The van der Waals surface area contributed by atoms with Crippen molar-refractivity contribution in [2.45, 2.75) is 19.8 Å². The van der Waals surface area contributed by atoms with E-state index in [-0.39, 0.29) is 11.6 Å². The molecule has 1 fully saturated rings. The molecule has 1 aromatic carbocycles. The second-order valence-corrected chi connectivity index (χ2v) is 6.41.